The highest BCUT2D eigenvalue weighted by Crippen LogP contribution is 2.31. The molecule has 2 amide bonds. The molecule has 1 saturated heterocycles. The lowest BCUT2D eigenvalue weighted by Crippen LogP contribution is -2.30. The Morgan fingerprint density at radius 1 is 1.05 bits per heavy atom. The minimum Gasteiger partial charge on any atom is -0.497 e. The standard InChI is InChI=1S/C29H24F3N5O5S/c1-18-15-23(40-2)11-12-24(18)37-25(38)16-43-27(37)34-28(39)41-14-13-19-3-5-20(6-4-19)26-33-17-36(35-26)21-7-9-22(10-8-21)42-29(30,31)32/h3-12,15,17H,13-14,16H2,1-2H3. The van der Waals surface area contributed by atoms with Gasteiger partial charge in [0.05, 0.1) is 30.8 Å². The van der Waals surface area contributed by atoms with Gasteiger partial charge in [0.2, 0.25) is 5.91 Å². The van der Waals surface area contributed by atoms with E-state index < -0.39 is 12.5 Å². The summed E-state index contributed by atoms with van der Waals surface area (Å²) < 4.78 is 53.0. The summed E-state index contributed by atoms with van der Waals surface area (Å²) in [6.07, 6.45) is -3.67. The largest absolute Gasteiger partial charge is 0.573 e. The summed E-state index contributed by atoms with van der Waals surface area (Å²) in [6.45, 7) is 1.92. The highest BCUT2D eigenvalue weighted by molar-refractivity contribution is 8.15. The second-order valence-electron chi connectivity index (χ2n) is 9.18. The van der Waals surface area contributed by atoms with Crippen LogP contribution >= 0.6 is 11.8 Å². The predicted octanol–water partition coefficient (Wildman–Crippen LogP) is 5.97. The van der Waals surface area contributed by atoms with E-state index in [0.717, 1.165) is 16.7 Å². The van der Waals surface area contributed by atoms with E-state index in [4.69, 9.17) is 9.47 Å². The molecule has 1 aliphatic rings. The third-order valence-corrected chi connectivity index (χ3v) is 7.18. The molecule has 4 aromatic rings. The van der Waals surface area contributed by atoms with Gasteiger partial charge in [0.15, 0.2) is 11.0 Å². The topological polar surface area (TPSA) is 108 Å². The molecule has 3 aromatic carbocycles. The molecule has 1 aromatic heterocycles. The fourth-order valence-corrected chi connectivity index (χ4v) is 5.04. The summed E-state index contributed by atoms with van der Waals surface area (Å²) in [4.78, 5) is 34.7. The number of methoxy groups -OCH3 is 1. The third kappa shape index (κ3) is 7.33. The van der Waals surface area contributed by atoms with E-state index in [0.29, 0.717) is 29.4 Å². The van der Waals surface area contributed by atoms with Crippen LogP contribution in [0, 0.1) is 6.92 Å². The average Bonchev–Trinajstić information content (AvgIpc) is 3.60. The van der Waals surface area contributed by atoms with E-state index in [-0.39, 0.29) is 29.2 Å². The Labute approximate surface area is 248 Å². The number of hydrogen-bond donors (Lipinski definition) is 0. The van der Waals surface area contributed by atoms with Crippen LogP contribution in [0.25, 0.3) is 17.1 Å². The van der Waals surface area contributed by atoms with Gasteiger partial charge in [-0.15, -0.1) is 18.3 Å². The van der Waals surface area contributed by atoms with E-state index in [2.05, 4.69) is 19.8 Å². The fourth-order valence-electron chi connectivity index (χ4n) is 4.19. The molecule has 2 heterocycles. The van der Waals surface area contributed by atoms with Gasteiger partial charge < -0.3 is 14.2 Å². The molecule has 222 valence electrons. The van der Waals surface area contributed by atoms with Crippen LogP contribution in [0.2, 0.25) is 0 Å². The number of anilines is 1. The molecule has 0 saturated carbocycles. The van der Waals surface area contributed by atoms with Gasteiger partial charge in [-0.1, -0.05) is 36.0 Å². The maximum atomic E-state index is 12.5. The number of amidine groups is 1. The lowest BCUT2D eigenvalue weighted by Gasteiger charge is -2.18. The summed E-state index contributed by atoms with van der Waals surface area (Å²) in [7, 11) is 1.56. The van der Waals surface area contributed by atoms with Crippen molar-refractivity contribution in [1.82, 2.24) is 14.8 Å². The Morgan fingerprint density at radius 3 is 2.44 bits per heavy atom. The molecule has 0 aliphatic carbocycles. The second kappa shape index (κ2) is 12.6. The van der Waals surface area contributed by atoms with Gasteiger partial charge in [-0.3, -0.25) is 9.69 Å². The predicted molar refractivity (Wildman–Crippen MR) is 154 cm³/mol. The van der Waals surface area contributed by atoms with E-state index in [1.807, 2.05) is 31.2 Å². The Kier molecular flexibility index (Phi) is 8.66. The van der Waals surface area contributed by atoms with E-state index in [9.17, 15) is 22.8 Å². The molecular formula is C29H24F3N5O5S. The second-order valence-corrected chi connectivity index (χ2v) is 10.1. The molecule has 0 unspecified atom stereocenters. The molecule has 10 nitrogen and oxygen atoms in total. The van der Waals surface area contributed by atoms with Crippen LogP contribution in [0.1, 0.15) is 11.1 Å². The monoisotopic (exact) mass is 611 g/mol. The number of aliphatic imine (C=N–C) groups is 1. The van der Waals surface area contributed by atoms with Gasteiger partial charge >= 0.3 is 12.5 Å². The minimum atomic E-state index is -4.76. The first-order valence-corrected chi connectivity index (χ1v) is 13.8. The molecule has 0 atom stereocenters. The summed E-state index contributed by atoms with van der Waals surface area (Å²) in [5, 5.41) is 4.64. The molecule has 1 fully saturated rings. The number of nitrogens with zero attached hydrogens (tertiary/aromatic N) is 5. The molecule has 14 heteroatoms. The highest BCUT2D eigenvalue weighted by Gasteiger charge is 2.32. The maximum absolute atomic E-state index is 12.5. The number of aryl methyl sites for hydroxylation is 1. The average molecular weight is 612 g/mol. The normalized spacial score (nSPS) is 14.3. The Balaban J connectivity index is 1.16. The Bertz CT molecular complexity index is 1660. The van der Waals surface area contributed by atoms with Gasteiger partial charge in [-0.2, -0.15) is 4.99 Å². The number of alkyl halides is 3. The van der Waals surface area contributed by atoms with Crippen molar-refractivity contribution in [2.24, 2.45) is 4.99 Å². The van der Waals surface area contributed by atoms with Crippen LogP contribution in [-0.4, -0.2) is 57.8 Å². The van der Waals surface area contributed by atoms with Crippen molar-refractivity contribution in [3.63, 3.8) is 0 Å². The van der Waals surface area contributed by atoms with Crippen LogP contribution in [0.5, 0.6) is 11.5 Å². The number of ether oxygens (including phenoxy) is 3. The van der Waals surface area contributed by atoms with Gasteiger partial charge in [-0.25, -0.2) is 14.5 Å². The zero-order valence-electron chi connectivity index (χ0n) is 22.9. The Hall–Kier alpha value is -4.85. The first-order chi connectivity index (χ1) is 20.6. The zero-order valence-corrected chi connectivity index (χ0v) is 23.7. The fraction of sp³-hybridized carbons (Fsp3) is 0.207. The zero-order chi connectivity index (χ0) is 30.6. The lowest BCUT2D eigenvalue weighted by atomic mass is 10.1. The van der Waals surface area contributed by atoms with Crippen LogP contribution in [0.3, 0.4) is 0 Å². The summed E-state index contributed by atoms with van der Waals surface area (Å²) in [6, 6.07) is 17.9. The molecule has 0 N–H and O–H groups in total. The van der Waals surface area contributed by atoms with E-state index in [1.165, 1.54) is 51.9 Å². The molecular weight excluding hydrogens is 587 g/mol. The van der Waals surface area contributed by atoms with Crippen LogP contribution in [0.4, 0.5) is 23.7 Å². The summed E-state index contributed by atoms with van der Waals surface area (Å²) in [5.41, 5.74) is 3.55. The van der Waals surface area contributed by atoms with E-state index in [1.54, 1.807) is 25.3 Å². The third-order valence-electron chi connectivity index (χ3n) is 6.25. The first-order valence-electron chi connectivity index (χ1n) is 12.8. The minimum absolute atomic E-state index is 0.0794. The number of carbonyl (C=O) groups is 2. The molecule has 5 rings (SSSR count). The highest BCUT2D eigenvalue weighted by atomic mass is 32.2. The van der Waals surface area contributed by atoms with Crippen molar-refractivity contribution in [3.8, 4) is 28.6 Å². The number of halogens is 3. The van der Waals surface area contributed by atoms with Crippen molar-refractivity contribution in [2.45, 2.75) is 19.7 Å². The molecule has 1 aliphatic heterocycles. The van der Waals surface area contributed by atoms with E-state index >= 15 is 0 Å². The van der Waals surface area contributed by atoms with Crippen molar-refractivity contribution in [3.05, 3.63) is 84.2 Å². The first kappa shape index (κ1) is 29.6. The Morgan fingerprint density at radius 2 is 1.77 bits per heavy atom. The van der Waals surface area contributed by atoms with Gasteiger partial charge in [0.1, 0.15) is 17.8 Å². The van der Waals surface area contributed by atoms with Crippen molar-refractivity contribution >= 4 is 34.6 Å². The van der Waals surface area contributed by atoms with Crippen molar-refractivity contribution < 1.29 is 37.0 Å². The number of hydrogen-bond acceptors (Lipinski definition) is 8. The van der Waals surface area contributed by atoms with Crippen LogP contribution in [-0.2, 0) is 16.0 Å². The molecule has 0 radical (unpaired) electrons. The maximum Gasteiger partial charge on any atom is 0.573 e. The van der Waals surface area contributed by atoms with Crippen LogP contribution < -0.4 is 14.4 Å². The number of thioether (sulfide) groups is 1. The van der Waals surface area contributed by atoms with Crippen molar-refractivity contribution in [2.75, 3.05) is 24.4 Å². The molecule has 43 heavy (non-hydrogen) atoms. The quantitative estimate of drug-likeness (QED) is 0.240. The number of benzene rings is 3. The lowest BCUT2D eigenvalue weighted by molar-refractivity contribution is -0.274. The molecule has 0 spiro atoms. The van der Waals surface area contributed by atoms with Gasteiger partial charge in [-0.05, 0) is 60.5 Å². The smallest absolute Gasteiger partial charge is 0.497 e. The van der Waals surface area contributed by atoms with Crippen molar-refractivity contribution in [1.29, 1.82) is 0 Å². The SMILES string of the molecule is COc1ccc(N2C(=O)CSC2=NC(=O)OCCc2ccc(-c3ncn(-c4ccc(OC(F)(F)F)cc4)n3)cc2)c(C)c1. The number of aromatic nitrogens is 3. The summed E-state index contributed by atoms with van der Waals surface area (Å²) in [5.74, 6) is 0.732. The van der Waals surface area contributed by atoms with Gasteiger partial charge in [0.25, 0.3) is 0 Å². The van der Waals surface area contributed by atoms with Crippen LogP contribution in [0.15, 0.2) is 78.0 Å². The number of rotatable bonds is 8. The number of amides is 2. The summed E-state index contributed by atoms with van der Waals surface area (Å²) >= 11 is 1.17. The number of carbonyl (C=O) groups excluding carboxylic acids is 2. The van der Waals surface area contributed by atoms with Gasteiger partial charge in [0, 0.05) is 12.0 Å². The molecule has 0 bridgehead atoms.